The highest BCUT2D eigenvalue weighted by molar-refractivity contribution is 6.30. The van der Waals surface area contributed by atoms with Crippen LogP contribution in [0.25, 0.3) is 0 Å². The minimum atomic E-state index is -4.46. The minimum Gasteiger partial charge on any atom is -0.276 e. The van der Waals surface area contributed by atoms with Crippen LogP contribution in [0.15, 0.2) is 63.9 Å². The lowest BCUT2D eigenvalue weighted by Gasteiger charge is -2.07. The largest absolute Gasteiger partial charge is 0.416 e. The number of benzene rings is 2. The van der Waals surface area contributed by atoms with E-state index in [4.69, 9.17) is 16.9 Å². The standard InChI is InChI=1S/C15H9ClF3N5/c16-11-4-6-12(7-5-11)21-23-14(9-20)24-22-13-3-1-2-10(8-13)15(17,18)19/h1-8,22H. The van der Waals surface area contributed by atoms with Crippen molar-refractivity contribution in [3.8, 4) is 6.07 Å². The monoisotopic (exact) mass is 351 g/mol. The Morgan fingerprint density at radius 1 is 1.12 bits per heavy atom. The lowest BCUT2D eigenvalue weighted by Crippen LogP contribution is -2.05. The van der Waals surface area contributed by atoms with Gasteiger partial charge in [-0.25, -0.2) is 0 Å². The second kappa shape index (κ2) is 7.57. The normalized spacial score (nSPS) is 12.2. The third-order valence-corrected chi connectivity index (χ3v) is 2.92. The van der Waals surface area contributed by atoms with Crippen LogP contribution in [0.2, 0.25) is 5.02 Å². The average Bonchev–Trinajstić information content (AvgIpc) is 2.56. The first-order valence-corrected chi connectivity index (χ1v) is 6.84. The lowest BCUT2D eigenvalue weighted by molar-refractivity contribution is -0.137. The Morgan fingerprint density at radius 2 is 1.83 bits per heavy atom. The quantitative estimate of drug-likeness (QED) is 0.348. The van der Waals surface area contributed by atoms with Crippen LogP contribution in [0.1, 0.15) is 5.56 Å². The fraction of sp³-hybridized carbons (Fsp3) is 0.0667. The number of rotatable bonds is 3. The predicted octanol–water partition coefficient (Wildman–Crippen LogP) is 5.39. The molecular weight excluding hydrogens is 343 g/mol. The summed E-state index contributed by atoms with van der Waals surface area (Å²) < 4.78 is 37.8. The second-order valence-electron chi connectivity index (χ2n) is 4.41. The molecule has 0 unspecified atom stereocenters. The molecule has 1 N–H and O–H groups in total. The van der Waals surface area contributed by atoms with Crippen molar-refractivity contribution in [1.82, 2.24) is 0 Å². The Balaban J connectivity index is 2.11. The van der Waals surface area contributed by atoms with Gasteiger partial charge in [-0.05, 0) is 42.5 Å². The Labute approximate surface area is 140 Å². The van der Waals surface area contributed by atoms with Crippen LogP contribution in [0.3, 0.4) is 0 Å². The topological polar surface area (TPSA) is 72.9 Å². The molecule has 122 valence electrons. The highest BCUT2D eigenvalue weighted by Gasteiger charge is 2.30. The molecule has 9 heteroatoms. The van der Waals surface area contributed by atoms with Gasteiger partial charge >= 0.3 is 6.18 Å². The molecule has 0 aromatic heterocycles. The molecule has 0 spiro atoms. The highest BCUT2D eigenvalue weighted by Crippen LogP contribution is 2.30. The van der Waals surface area contributed by atoms with Gasteiger partial charge in [0, 0.05) is 5.02 Å². The summed E-state index contributed by atoms with van der Waals surface area (Å²) in [5, 5.41) is 20.5. The molecule has 0 aliphatic rings. The third kappa shape index (κ3) is 5.07. The Morgan fingerprint density at radius 3 is 2.46 bits per heavy atom. The molecule has 0 heterocycles. The summed E-state index contributed by atoms with van der Waals surface area (Å²) in [6.07, 6.45) is -4.46. The SMILES string of the molecule is N#CC(N=Nc1ccc(Cl)cc1)=NNc1cccc(C(F)(F)F)c1. The van der Waals surface area contributed by atoms with Gasteiger partial charge in [0.05, 0.1) is 16.9 Å². The zero-order valence-corrected chi connectivity index (χ0v) is 12.7. The van der Waals surface area contributed by atoms with E-state index in [2.05, 4.69) is 20.8 Å². The van der Waals surface area contributed by atoms with Crippen molar-refractivity contribution in [2.45, 2.75) is 6.18 Å². The van der Waals surface area contributed by atoms with Crippen molar-refractivity contribution < 1.29 is 13.2 Å². The van der Waals surface area contributed by atoms with E-state index < -0.39 is 11.7 Å². The first kappa shape index (κ1) is 17.4. The number of nitriles is 1. The molecule has 2 aromatic carbocycles. The molecular formula is C15H9ClF3N5. The number of amidine groups is 1. The second-order valence-corrected chi connectivity index (χ2v) is 4.85. The van der Waals surface area contributed by atoms with Crippen LogP contribution in [0, 0.1) is 11.3 Å². The van der Waals surface area contributed by atoms with Gasteiger partial charge in [-0.3, -0.25) is 5.43 Å². The molecule has 0 saturated heterocycles. The molecule has 24 heavy (non-hydrogen) atoms. The number of anilines is 1. The summed E-state index contributed by atoms with van der Waals surface area (Å²) in [5.41, 5.74) is 2.03. The Hall–Kier alpha value is -2.92. The van der Waals surface area contributed by atoms with Gasteiger partial charge in [-0.15, -0.1) is 15.3 Å². The number of alkyl halides is 3. The van der Waals surface area contributed by atoms with Crippen molar-refractivity contribution >= 4 is 28.8 Å². The van der Waals surface area contributed by atoms with Crippen molar-refractivity contribution in [2.24, 2.45) is 15.3 Å². The average molecular weight is 352 g/mol. The zero-order chi connectivity index (χ0) is 17.6. The van der Waals surface area contributed by atoms with Crippen molar-refractivity contribution in [3.05, 3.63) is 59.1 Å². The Kier molecular flexibility index (Phi) is 5.50. The number of azo groups is 1. The smallest absolute Gasteiger partial charge is 0.276 e. The van der Waals surface area contributed by atoms with Gasteiger partial charge in [0.15, 0.2) is 0 Å². The number of nitrogens with one attached hydrogen (secondary N) is 1. The van der Waals surface area contributed by atoms with Gasteiger partial charge in [-0.1, -0.05) is 17.7 Å². The fourth-order valence-corrected chi connectivity index (χ4v) is 1.69. The summed E-state index contributed by atoms with van der Waals surface area (Å²) in [6, 6.07) is 12.4. The van der Waals surface area contributed by atoms with Gasteiger partial charge in [0.25, 0.3) is 5.84 Å². The molecule has 0 aliphatic carbocycles. The zero-order valence-electron chi connectivity index (χ0n) is 11.9. The summed E-state index contributed by atoms with van der Waals surface area (Å²) in [7, 11) is 0. The molecule has 0 bridgehead atoms. The highest BCUT2D eigenvalue weighted by atomic mass is 35.5. The van der Waals surface area contributed by atoms with Crippen LogP contribution >= 0.6 is 11.6 Å². The van der Waals surface area contributed by atoms with E-state index in [1.165, 1.54) is 12.1 Å². The summed E-state index contributed by atoms with van der Waals surface area (Å²) in [4.78, 5) is 0. The fourth-order valence-electron chi connectivity index (χ4n) is 1.57. The van der Waals surface area contributed by atoms with Crippen LogP contribution in [-0.4, -0.2) is 5.84 Å². The molecule has 0 atom stereocenters. The Bertz CT molecular complexity index is 807. The summed E-state index contributed by atoms with van der Waals surface area (Å²) in [6.45, 7) is 0. The summed E-state index contributed by atoms with van der Waals surface area (Å²) >= 11 is 5.73. The van der Waals surface area contributed by atoms with E-state index in [1.54, 1.807) is 30.3 Å². The van der Waals surface area contributed by atoms with Crippen molar-refractivity contribution in [3.63, 3.8) is 0 Å². The van der Waals surface area contributed by atoms with Crippen LogP contribution in [-0.2, 0) is 6.18 Å². The predicted molar refractivity (Wildman–Crippen MR) is 84.1 cm³/mol. The number of nitrogens with zero attached hydrogens (tertiary/aromatic N) is 4. The van der Waals surface area contributed by atoms with Gasteiger partial charge < -0.3 is 0 Å². The molecule has 0 radical (unpaired) electrons. The van der Waals surface area contributed by atoms with Crippen LogP contribution in [0.4, 0.5) is 24.5 Å². The maximum Gasteiger partial charge on any atom is 0.416 e. The number of hydrazone groups is 1. The van der Waals surface area contributed by atoms with E-state index >= 15 is 0 Å². The third-order valence-electron chi connectivity index (χ3n) is 2.67. The summed E-state index contributed by atoms with van der Waals surface area (Å²) in [5.74, 6) is -0.345. The first-order valence-electron chi connectivity index (χ1n) is 6.47. The van der Waals surface area contributed by atoms with Crippen LogP contribution < -0.4 is 5.43 Å². The molecule has 5 nitrogen and oxygen atoms in total. The molecule has 0 aliphatic heterocycles. The van der Waals surface area contributed by atoms with E-state index in [0.29, 0.717) is 10.7 Å². The first-order chi connectivity index (χ1) is 11.4. The van der Waals surface area contributed by atoms with Crippen molar-refractivity contribution in [2.75, 3.05) is 5.43 Å². The molecule has 0 saturated carbocycles. The van der Waals surface area contributed by atoms with E-state index in [0.717, 1.165) is 12.1 Å². The minimum absolute atomic E-state index is 0.0688. The van der Waals surface area contributed by atoms with Crippen LogP contribution in [0.5, 0.6) is 0 Å². The molecule has 0 amide bonds. The van der Waals surface area contributed by atoms with Crippen molar-refractivity contribution in [1.29, 1.82) is 5.26 Å². The van der Waals surface area contributed by atoms with E-state index in [-0.39, 0.29) is 11.5 Å². The number of hydrogen-bond donors (Lipinski definition) is 1. The number of halogens is 4. The maximum absolute atomic E-state index is 12.6. The molecule has 0 fully saturated rings. The molecule has 2 rings (SSSR count). The molecule has 2 aromatic rings. The lowest BCUT2D eigenvalue weighted by atomic mass is 10.2. The van der Waals surface area contributed by atoms with Gasteiger partial charge in [0.1, 0.15) is 6.07 Å². The van der Waals surface area contributed by atoms with Gasteiger partial charge in [-0.2, -0.15) is 18.4 Å². The van der Waals surface area contributed by atoms with Gasteiger partial charge in [0.2, 0.25) is 0 Å². The maximum atomic E-state index is 12.6. The number of hydrogen-bond acceptors (Lipinski definition) is 4. The van der Waals surface area contributed by atoms with E-state index in [9.17, 15) is 13.2 Å². The van der Waals surface area contributed by atoms with E-state index in [1.807, 2.05) is 0 Å².